The van der Waals surface area contributed by atoms with Crippen LogP contribution >= 0.6 is 23.2 Å². The van der Waals surface area contributed by atoms with Gasteiger partial charge in [0.2, 0.25) is 12.2 Å². The van der Waals surface area contributed by atoms with Gasteiger partial charge in [0.15, 0.2) is 0 Å². The summed E-state index contributed by atoms with van der Waals surface area (Å²) in [6.07, 6.45) is -2.80. The number of hydrogen-bond donors (Lipinski definition) is 2. The van der Waals surface area contributed by atoms with Crippen molar-refractivity contribution in [3.63, 3.8) is 0 Å². The van der Waals surface area contributed by atoms with Crippen molar-refractivity contribution < 1.29 is 38.2 Å². The second-order valence-electron chi connectivity index (χ2n) is 6.80. The number of hydrogen-bond acceptors (Lipinski definition) is 7. The molecule has 0 saturated carbocycles. The number of carboxylic acids is 1. The van der Waals surface area contributed by atoms with Gasteiger partial charge in [-0.05, 0) is 60.7 Å². The third kappa shape index (κ3) is 6.60. The highest BCUT2D eigenvalue weighted by atomic mass is 35.5. The highest BCUT2D eigenvalue weighted by molar-refractivity contribution is 6.31. The van der Waals surface area contributed by atoms with Crippen molar-refractivity contribution in [3.8, 4) is 0 Å². The van der Waals surface area contributed by atoms with E-state index in [2.05, 4.69) is 5.32 Å². The van der Waals surface area contributed by atoms with Crippen molar-refractivity contribution in [3.05, 3.63) is 93.9 Å². The summed E-state index contributed by atoms with van der Waals surface area (Å²) >= 11 is 11.6. The van der Waals surface area contributed by atoms with Crippen LogP contribution in [-0.4, -0.2) is 41.1 Å². The number of carbonyl (C=O) groups excluding carboxylic acids is 3. The maximum atomic E-state index is 12.8. The van der Waals surface area contributed by atoms with Gasteiger partial charge in [-0.25, -0.2) is 14.4 Å². The Kier molecular flexibility index (Phi) is 8.29. The highest BCUT2D eigenvalue weighted by Gasteiger charge is 2.41. The number of carboxylic acid groups (broad SMARTS) is 1. The van der Waals surface area contributed by atoms with Crippen LogP contribution in [0.3, 0.4) is 0 Å². The van der Waals surface area contributed by atoms with E-state index in [0.29, 0.717) is 15.8 Å². The molecule has 176 valence electrons. The van der Waals surface area contributed by atoms with E-state index in [-0.39, 0.29) is 17.7 Å². The summed E-state index contributed by atoms with van der Waals surface area (Å²) in [7, 11) is 0. The lowest BCUT2D eigenvalue weighted by Crippen LogP contribution is -2.50. The molecule has 3 rings (SSSR count). The van der Waals surface area contributed by atoms with Crippen LogP contribution in [-0.2, 0) is 25.6 Å². The molecule has 1 aromatic heterocycles. The Morgan fingerprint density at radius 1 is 0.824 bits per heavy atom. The predicted octanol–water partition coefficient (Wildman–Crippen LogP) is 3.74. The molecule has 0 unspecified atom stereocenters. The Morgan fingerprint density at radius 2 is 1.32 bits per heavy atom. The Labute approximate surface area is 203 Å². The molecule has 0 aliphatic rings. The molecule has 9 nitrogen and oxygen atoms in total. The number of benzene rings is 2. The summed E-state index contributed by atoms with van der Waals surface area (Å²) < 4.78 is 15.4. The van der Waals surface area contributed by atoms with Crippen LogP contribution in [0.15, 0.2) is 71.3 Å². The van der Waals surface area contributed by atoms with Gasteiger partial charge in [0.25, 0.3) is 5.91 Å². The Morgan fingerprint density at radius 3 is 1.76 bits per heavy atom. The first-order valence-corrected chi connectivity index (χ1v) is 10.5. The van der Waals surface area contributed by atoms with Crippen LogP contribution in [0.1, 0.15) is 26.5 Å². The van der Waals surface area contributed by atoms with Crippen LogP contribution in [0.5, 0.6) is 0 Å². The zero-order chi connectivity index (χ0) is 24.7. The van der Waals surface area contributed by atoms with Gasteiger partial charge in [-0.15, -0.1) is 0 Å². The second kappa shape index (κ2) is 11.4. The number of aliphatic carboxylic acids is 1. The van der Waals surface area contributed by atoms with Crippen molar-refractivity contribution in [2.24, 2.45) is 0 Å². The summed E-state index contributed by atoms with van der Waals surface area (Å²) in [6, 6.07) is 14.1. The first-order chi connectivity index (χ1) is 16.2. The Balaban J connectivity index is 1.84. The standard InChI is InChI=1S/C23H17Cl2NO8/c24-15-7-3-13(4-8-15)22(30)33-18(20(27)26-12-17-2-1-11-32-17)19(21(28)29)34-23(31)14-5-9-16(25)10-6-14/h1-11,18-19H,12H2,(H,26,27)(H,28,29)/t18-,19+/m0/s1. The van der Waals surface area contributed by atoms with E-state index in [1.807, 2.05) is 0 Å². The van der Waals surface area contributed by atoms with E-state index in [1.165, 1.54) is 54.8 Å². The zero-order valence-electron chi connectivity index (χ0n) is 17.3. The minimum Gasteiger partial charge on any atom is -0.478 e. The average Bonchev–Trinajstić information content (AvgIpc) is 3.34. The van der Waals surface area contributed by atoms with Gasteiger partial charge in [-0.1, -0.05) is 23.2 Å². The third-order valence-electron chi connectivity index (χ3n) is 4.42. The average molecular weight is 506 g/mol. The molecule has 0 aliphatic heterocycles. The molecule has 2 N–H and O–H groups in total. The normalized spacial score (nSPS) is 12.3. The monoisotopic (exact) mass is 505 g/mol. The van der Waals surface area contributed by atoms with Gasteiger partial charge < -0.3 is 24.3 Å². The van der Waals surface area contributed by atoms with Gasteiger partial charge in [0.05, 0.1) is 23.9 Å². The lowest BCUT2D eigenvalue weighted by atomic mass is 10.1. The number of amides is 1. The van der Waals surface area contributed by atoms with E-state index >= 15 is 0 Å². The molecule has 0 saturated heterocycles. The minimum atomic E-state index is -2.16. The van der Waals surface area contributed by atoms with E-state index in [9.17, 15) is 24.3 Å². The predicted molar refractivity (Wildman–Crippen MR) is 120 cm³/mol. The lowest BCUT2D eigenvalue weighted by molar-refractivity contribution is -0.159. The summed E-state index contributed by atoms with van der Waals surface area (Å²) in [6.45, 7) is -0.127. The van der Waals surface area contributed by atoms with Crippen LogP contribution < -0.4 is 5.32 Å². The zero-order valence-corrected chi connectivity index (χ0v) is 18.8. The number of halogens is 2. The summed E-state index contributed by atoms with van der Waals surface area (Å²) in [5.41, 5.74) is -0.0178. The SMILES string of the molecule is O=C(O[C@H](C(=O)NCc1ccco1)[C@@H](OC(=O)c1ccc(Cl)cc1)C(=O)O)c1ccc(Cl)cc1. The van der Waals surface area contributed by atoms with Crippen molar-refractivity contribution >= 4 is 47.0 Å². The van der Waals surface area contributed by atoms with Crippen molar-refractivity contribution in [2.45, 2.75) is 18.8 Å². The minimum absolute atomic E-state index is 0.00130. The van der Waals surface area contributed by atoms with Crippen LogP contribution in [0.4, 0.5) is 0 Å². The van der Waals surface area contributed by atoms with E-state index in [0.717, 1.165) is 0 Å². The van der Waals surface area contributed by atoms with Crippen LogP contribution in [0.2, 0.25) is 10.0 Å². The number of nitrogens with one attached hydrogen (secondary N) is 1. The largest absolute Gasteiger partial charge is 0.478 e. The Hall–Kier alpha value is -3.82. The van der Waals surface area contributed by atoms with E-state index < -0.39 is 36.0 Å². The molecule has 11 heteroatoms. The van der Waals surface area contributed by atoms with Gasteiger partial charge in [-0.2, -0.15) is 0 Å². The number of furan rings is 1. The summed E-state index contributed by atoms with van der Waals surface area (Å²) in [5, 5.41) is 12.8. The molecule has 0 aliphatic carbocycles. The molecule has 0 spiro atoms. The van der Waals surface area contributed by atoms with E-state index in [4.69, 9.17) is 37.1 Å². The molecule has 1 heterocycles. The number of carbonyl (C=O) groups is 4. The molecule has 34 heavy (non-hydrogen) atoms. The lowest BCUT2D eigenvalue weighted by Gasteiger charge is -2.23. The number of ether oxygens (including phenoxy) is 2. The first-order valence-electron chi connectivity index (χ1n) is 9.70. The molecule has 2 atom stereocenters. The molecule has 0 radical (unpaired) electrons. The molecular formula is C23H17Cl2NO8. The third-order valence-corrected chi connectivity index (χ3v) is 4.93. The molecule has 2 aromatic carbocycles. The molecule has 1 amide bonds. The number of esters is 2. The van der Waals surface area contributed by atoms with Gasteiger partial charge in [0, 0.05) is 10.0 Å². The van der Waals surface area contributed by atoms with Crippen molar-refractivity contribution in [1.29, 1.82) is 0 Å². The van der Waals surface area contributed by atoms with Gasteiger partial charge in [-0.3, -0.25) is 4.79 Å². The quantitative estimate of drug-likeness (QED) is 0.420. The van der Waals surface area contributed by atoms with Gasteiger partial charge >= 0.3 is 17.9 Å². The maximum Gasteiger partial charge on any atom is 0.349 e. The first kappa shape index (κ1) is 24.8. The van der Waals surface area contributed by atoms with Gasteiger partial charge in [0.1, 0.15) is 5.76 Å². The van der Waals surface area contributed by atoms with Crippen molar-refractivity contribution in [1.82, 2.24) is 5.32 Å². The van der Waals surface area contributed by atoms with Crippen molar-refractivity contribution in [2.75, 3.05) is 0 Å². The number of rotatable bonds is 9. The maximum absolute atomic E-state index is 12.8. The topological polar surface area (TPSA) is 132 Å². The summed E-state index contributed by atoms with van der Waals surface area (Å²) in [5.74, 6) is -4.44. The molecule has 0 bridgehead atoms. The van der Waals surface area contributed by atoms with E-state index in [1.54, 1.807) is 12.1 Å². The summed E-state index contributed by atoms with van der Waals surface area (Å²) in [4.78, 5) is 49.9. The molecule has 3 aromatic rings. The second-order valence-corrected chi connectivity index (χ2v) is 7.67. The highest BCUT2D eigenvalue weighted by Crippen LogP contribution is 2.17. The van der Waals surface area contributed by atoms with Crippen LogP contribution in [0.25, 0.3) is 0 Å². The molecule has 0 fully saturated rings. The fraction of sp³-hybridized carbons (Fsp3) is 0.130. The Bertz CT molecular complexity index is 1160. The fourth-order valence-corrected chi connectivity index (χ4v) is 2.97. The molecular weight excluding hydrogens is 489 g/mol. The fourth-order valence-electron chi connectivity index (χ4n) is 2.72. The van der Waals surface area contributed by atoms with Crippen LogP contribution in [0, 0.1) is 0 Å². The smallest absolute Gasteiger partial charge is 0.349 e.